The van der Waals surface area contributed by atoms with E-state index in [-0.39, 0.29) is 22.8 Å². The fourth-order valence-corrected chi connectivity index (χ4v) is 6.49. The Kier molecular flexibility index (Phi) is 5.98. The predicted octanol–water partition coefficient (Wildman–Crippen LogP) is 3.19. The Labute approximate surface area is 177 Å². The summed E-state index contributed by atoms with van der Waals surface area (Å²) in [5.74, 6) is -0.317. The molecule has 29 heavy (non-hydrogen) atoms. The van der Waals surface area contributed by atoms with E-state index >= 15 is 0 Å². The van der Waals surface area contributed by atoms with Crippen LogP contribution in [0.3, 0.4) is 0 Å². The van der Waals surface area contributed by atoms with Crippen LogP contribution in [0.15, 0.2) is 46.0 Å². The average Bonchev–Trinajstić information content (AvgIpc) is 3.47. The normalized spacial score (nSPS) is 17.2. The van der Waals surface area contributed by atoms with Crippen LogP contribution < -0.4 is 4.90 Å². The molecule has 154 valence electrons. The Morgan fingerprint density at radius 1 is 1.28 bits per heavy atom. The maximum Gasteiger partial charge on any atom is 0.252 e. The molecule has 1 fully saturated rings. The van der Waals surface area contributed by atoms with E-state index in [2.05, 4.69) is 4.98 Å². The van der Waals surface area contributed by atoms with Crippen molar-refractivity contribution in [2.45, 2.75) is 23.2 Å². The smallest absolute Gasteiger partial charge is 0.252 e. The standard InChI is InChI=1S/C19H21N3O4S3/c1-21(29(24,25)18-9-5-11-27-18)13-17(23)22(12-14-6-4-10-26-14)19-20-15-7-2-3-8-16(15)28-19/h2-3,5,7-9,11,14H,4,6,10,12-13H2,1H3/t14-/m1/s1. The van der Waals surface area contributed by atoms with Crippen LogP contribution in [0.1, 0.15) is 12.8 Å². The van der Waals surface area contributed by atoms with Crippen LogP contribution in [-0.4, -0.2) is 56.5 Å². The lowest BCUT2D eigenvalue weighted by Gasteiger charge is -2.25. The highest BCUT2D eigenvalue weighted by Gasteiger charge is 2.30. The van der Waals surface area contributed by atoms with Crippen molar-refractivity contribution in [3.8, 4) is 0 Å². The summed E-state index contributed by atoms with van der Waals surface area (Å²) in [7, 11) is -2.28. The molecule has 4 rings (SSSR count). The zero-order chi connectivity index (χ0) is 20.4. The largest absolute Gasteiger partial charge is 0.376 e. The van der Waals surface area contributed by atoms with Crippen LogP contribution in [0, 0.1) is 0 Å². The first kappa shape index (κ1) is 20.4. The SMILES string of the molecule is CN(CC(=O)N(C[C@H]1CCCO1)c1nc2ccccc2s1)S(=O)(=O)c1cccs1. The summed E-state index contributed by atoms with van der Waals surface area (Å²) in [6.45, 7) is 0.785. The maximum atomic E-state index is 13.2. The topological polar surface area (TPSA) is 79.8 Å². The van der Waals surface area contributed by atoms with E-state index in [0.29, 0.717) is 18.3 Å². The summed E-state index contributed by atoms with van der Waals surface area (Å²) in [6.07, 6.45) is 1.77. The molecule has 7 nitrogen and oxygen atoms in total. The first-order valence-electron chi connectivity index (χ1n) is 9.22. The number of carbonyl (C=O) groups excluding carboxylic acids is 1. The molecule has 0 saturated carbocycles. The third-order valence-electron chi connectivity index (χ3n) is 4.74. The molecule has 0 N–H and O–H groups in total. The van der Waals surface area contributed by atoms with Crippen molar-refractivity contribution >= 4 is 54.0 Å². The highest BCUT2D eigenvalue weighted by Crippen LogP contribution is 2.30. The van der Waals surface area contributed by atoms with Gasteiger partial charge in [-0.1, -0.05) is 29.5 Å². The zero-order valence-electron chi connectivity index (χ0n) is 15.9. The second kappa shape index (κ2) is 8.49. The molecule has 1 amide bonds. The minimum atomic E-state index is -3.70. The number of hydrogen-bond acceptors (Lipinski definition) is 7. The van der Waals surface area contributed by atoms with Crippen molar-refractivity contribution in [1.82, 2.24) is 9.29 Å². The number of anilines is 1. The van der Waals surface area contributed by atoms with Gasteiger partial charge in [0.15, 0.2) is 5.13 Å². The first-order chi connectivity index (χ1) is 13.9. The number of thiophene rings is 1. The second-order valence-electron chi connectivity index (χ2n) is 6.80. The number of fused-ring (bicyclic) bond motifs is 1. The van der Waals surface area contributed by atoms with Crippen molar-refractivity contribution in [2.75, 3.05) is 31.6 Å². The van der Waals surface area contributed by atoms with E-state index in [1.54, 1.807) is 22.4 Å². The number of sulfonamides is 1. The number of rotatable bonds is 7. The molecule has 10 heteroatoms. The summed E-state index contributed by atoms with van der Waals surface area (Å²) in [6, 6.07) is 10.9. The van der Waals surface area contributed by atoms with E-state index in [0.717, 1.165) is 38.7 Å². The lowest BCUT2D eigenvalue weighted by molar-refractivity contribution is -0.119. The average molecular weight is 452 g/mol. The van der Waals surface area contributed by atoms with Gasteiger partial charge in [0, 0.05) is 13.7 Å². The summed E-state index contributed by atoms with van der Waals surface area (Å²) in [4.78, 5) is 19.3. The van der Waals surface area contributed by atoms with Crippen LogP contribution in [0.25, 0.3) is 10.2 Å². The third-order valence-corrected chi connectivity index (χ3v) is 8.98. The number of likely N-dealkylation sites (N-methyl/N-ethyl adjacent to an activating group) is 1. The summed E-state index contributed by atoms with van der Waals surface area (Å²) >= 11 is 2.56. The molecule has 3 aromatic rings. The molecular weight excluding hydrogens is 430 g/mol. The van der Waals surface area contributed by atoms with E-state index in [1.807, 2.05) is 24.3 Å². The summed E-state index contributed by atoms with van der Waals surface area (Å²) in [5, 5.41) is 2.27. The monoisotopic (exact) mass is 451 g/mol. The van der Waals surface area contributed by atoms with Crippen LogP contribution in [0.5, 0.6) is 0 Å². The van der Waals surface area contributed by atoms with E-state index in [1.165, 1.54) is 18.4 Å². The number of nitrogens with zero attached hydrogens (tertiary/aromatic N) is 3. The molecule has 0 bridgehead atoms. The van der Waals surface area contributed by atoms with Crippen molar-refractivity contribution in [2.24, 2.45) is 0 Å². The fourth-order valence-electron chi connectivity index (χ4n) is 3.18. The Bertz CT molecular complexity index is 1060. The molecule has 1 aromatic carbocycles. The van der Waals surface area contributed by atoms with Crippen molar-refractivity contribution in [3.05, 3.63) is 41.8 Å². The number of para-hydroxylation sites is 1. The van der Waals surface area contributed by atoms with Crippen LogP contribution >= 0.6 is 22.7 Å². The lowest BCUT2D eigenvalue weighted by atomic mass is 10.2. The van der Waals surface area contributed by atoms with Gasteiger partial charge in [0.2, 0.25) is 5.91 Å². The molecule has 1 saturated heterocycles. The van der Waals surface area contributed by atoms with Crippen molar-refractivity contribution in [1.29, 1.82) is 0 Å². The number of ether oxygens (including phenoxy) is 1. The number of hydrogen-bond donors (Lipinski definition) is 0. The quantitative estimate of drug-likeness (QED) is 0.551. The molecular formula is C19H21N3O4S3. The minimum Gasteiger partial charge on any atom is -0.376 e. The lowest BCUT2D eigenvalue weighted by Crippen LogP contribution is -2.44. The van der Waals surface area contributed by atoms with Gasteiger partial charge in [-0.25, -0.2) is 13.4 Å². The predicted molar refractivity (Wildman–Crippen MR) is 115 cm³/mol. The van der Waals surface area contributed by atoms with Gasteiger partial charge in [-0.3, -0.25) is 9.69 Å². The second-order valence-corrected chi connectivity index (χ2v) is 11.0. The van der Waals surface area contributed by atoms with E-state index < -0.39 is 10.0 Å². The minimum absolute atomic E-state index is 0.0647. The molecule has 0 aliphatic carbocycles. The number of aromatic nitrogens is 1. The molecule has 0 radical (unpaired) electrons. The van der Waals surface area contributed by atoms with E-state index in [9.17, 15) is 13.2 Å². The Balaban J connectivity index is 1.59. The molecule has 1 atom stereocenters. The van der Waals surface area contributed by atoms with Crippen molar-refractivity contribution < 1.29 is 17.9 Å². The van der Waals surface area contributed by atoms with Crippen LogP contribution in [0.4, 0.5) is 5.13 Å². The van der Waals surface area contributed by atoms with Gasteiger partial charge in [0.1, 0.15) is 4.21 Å². The van der Waals surface area contributed by atoms with Gasteiger partial charge >= 0.3 is 0 Å². The van der Waals surface area contributed by atoms with E-state index in [4.69, 9.17) is 4.74 Å². The zero-order valence-corrected chi connectivity index (χ0v) is 18.3. The van der Waals surface area contributed by atoms with Gasteiger partial charge < -0.3 is 4.74 Å². The van der Waals surface area contributed by atoms with Gasteiger partial charge in [0.05, 0.1) is 29.4 Å². The first-order valence-corrected chi connectivity index (χ1v) is 12.4. The number of thiazole rings is 1. The van der Waals surface area contributed by atoms with Crippen LogP contribution in [0.2, 0.25) is 0 Å². The number of carbonyl (C=O) groups is 1. The molecule has 1 aliphatic heterocycles. The highest BCUT2D eigenvalue weighted by atomic mass is 32.2. The molecule has 1 aliphatic rings. The Hall–Kier alpha value is -1.85. The number of benzene rings is 1. The Morgan fingerprint density at radius 3 is 2.79 bits per heavy atom. The molecule has 0 spiro atoms. The molecule has 2 aromatic heterocycles. The van der Waals surface area contributed by atoms with Gasteiger partial charge in [-0.05, 0) is 36.4 Å². The van der Waals surface area contributed by atoms with Gasteiger partial charge in [0.25, 0.3) is 10.0 Å². The summed E-state index contributed by atoms with van der Waals surface area (Å²) in [5.41, 5.74) is 0.817. The number of amides is 1. The Morgan fingerprint density at radius 2 is 2.10 bits per heavy atom. The van der Waals surface area contributed by atoms with Gasteiger partial charge in [-0.15, -0.1) is 11.3 Å². The van der Waals surface area contributed by atoms with Crippen molar-refractivity contribution in [3.63, 3.8) is 0 Å². The molecule has 0 unspecified atom stereocenters. The molecule has 3 heterocycles. The summed E-state index contributed by atoms with van der Waals surface area (Å²) < 4.78 is 33.4. The maximum absolute atomic E-state index is 13.2. The highest BCUT2D eigenvalue weighted by molar-refractivity contribution is 7.91. The van der Waals surface area contributed by atoms with Crippen LogP contribution in [-0.2, 0) is 19.6 Å². The van der Waals surface area contributed by atoms with Gasteiger partial charge in [-0.2, -0.15) is 4.31 Å². The fraction of sp³-hybridized carbons (Fsp3) is 0.368. The third kappa shape index (κ3) is 4.36.